The van der Waals surface area contributed by atoms with E-state index >= 15 is 0 Å². The van der Waals surface area contributed by atoms with Crippen molar-refractivity contribution in [2.24, 2.45) is 0 Å². The molecule has 1 aromatic carbocycles. The van der Waals surface area contributed by atoms with Crippen molar-refractivity contribution in [2.45, 2.75) is 0 Å². The van der Waals surface area contributed by atoms with Crippen molar-refractivity contribution in [3.05, 3.63) is 18.2 Å². The molecular weight excluding hydrogens is 208 g/mol. The first-order chi connectivity index (χ1) is 7.50. The van der Waals surface area contributed by atoms with Gasteiger partial charge in [-0.25, -0.2) is 4.79 Å². The highest BCUT2D eigenvalue weighted by molar-refractivity contribution is 5.97. The van der Waals surface area contributed by atoms with E-state index in [0.717, 1.165) is 10.1 Å². The lowest BCUT2D eigenvalue weighted by molar-refractivity contribution is 0.194. The van der Waals surface area contributed by atoms with E-state index < -0.39 is 6.09 Å². The second-order valence-electron chi connectivity index (χ2n) is 3.69. The summed E-state index contributed by atoms with van der Waals surface area (Å²) in [4.78, 5) is 12.7. The van der Waals surface area contributed by atoms with Crippen LogP contribution in [0.5, 0.6) is 0 Å². The summed E-state index contributed by atoms with van der Waals surface area (Å²) in [6.07, 6.45) is -1.11. The molecule has 3 N–H and O–H groups in total. The van der Waals surface area contributed by atoms with Gasteiger partial charge in [-0.05, 0) is 18.2 Å². The van der Waals surface area contributed by atoms with Gasteiger partial charge in [-0.1, -0.05) is 0 Å². The van der Waals surface area contributed by atoms with E-state index in [1.54, 1.807) is 37.2 Å². The lowest BCUT2D eigenvalue weighted by atomic mass is 10.2. The number of benzene rings is 1. The van der Waals surface area contributed by atoms with Crippen LogP contribution >= 0.6 is 0 Å². The molecule has 0 aliphatic rings. The van der Waals surface area contributed by atoms with Crippen LogP contribution in [0.15, 0.2) is 18.2 Å². The minimum absolute atomic E-state index is 0.533. The van der Waals surface area contributed by atoms with Gasteiger partial charge >= 0.3 is 6.09 Å². The van der Waals surface area contributed by atoms with Crippen LogP contribution in [0.25, 0.3) is 10.9 Å². The summed E-state index contributed by atoms with van der Waals surface area (Å²) in [5.74, 6) is 0.588. The van der Waals surface area contributed by atoms with E-state index in [-0.39, 0.29) is 0 Å². The lowest BCUT2D eigenvalue weighted by Crippen LogP contribution is -2.13. The molecule has 1 aromatic heterocycles. The number of nitrogens with two attached hydrogens (primary N) is 1. The highest BCUT2D eigenvalue weighted by atomic mass is 16.4. The number of hydrogen-bond donors (Lipinski definition) is 2. The van der Waals surface area contributed by atoms with Gasteiger partial charge in [0.25, 0.3) is 0 Å². The Bertz CT molecular complexity index is 559. The molecule has 0 saturated heterocycles. The van der Waals surface area contributed by atoms with Crippen molar-refractivity contribution in [1.82, 2.24) is 9.78 Å². The number of carbonyl (C=O) groups is 1. The topological polar surface area (TPSA) is 84.4 Å². The van der Waals surface area contributed by atoms with Gasteiger partial charge in [0.1, 0.15) is 0 Å². The predicted molar refractivity (Wildman–Crippen MR) is 61.9 cm³/mol. The molecule has 0 atom stereocenters. The molecule has 0 spiro atoms. The molecule has 0 saturated carbocycles. The monoisotopic (exact) mass is 220 g/mol. The summed E-state index contributed by atoms with van der Waals surface area (Å²) < 4.78 is 0.949. The Morgan fingerprint density at radius 3 is 2.75 bits per heavy atom. The molecule has 16 heavy (non-hydrogen) atoms. The molecule has 0 amide bonds. The maximum Gasteiger partial charge on any atom is 0.432 e. The van der Waals surface area contributed by atoms with E-state index in [0.29, 0.717) is 17.0 Å². The third kappa shape index (κ3) is 1.44. The largest absolute Gasteiger partial charge is 0.463 e. The summed E-state index contributed by atoms with van der Waals surface area (Å²) in [6, 6.07) is 5.03. The Morgan fingerprint density at radius 1 is 1.50 bits per heavy atom. The maximum atomic E-state index is 11.0. The summed E-state index contributed by atoms with van der Waals surface area (Å²) in [6.45, 7) is 0. The highest BCUT2D eigenvalue weighted by Crippen LogP contribution is 2.26. The Hall–Kier alpha value is -2.24. The minimum atomic E-state index is -1.11. The van der Waals surface area contributed by atoms with Crippen molar-refractivity contribution in [3.8, 4) is 0 Å². The molecule has 1 heterocycles. The molecule has 6 nitrogen and oxygen atoms in total. The van der Waals surface area contributed by atoms with Crippen molar-refractivity contribution in [2.75, 3.05) is 24.7 Å². The Morgan fingerprint density at radius 2 is 2.19 bits per heavy atom. The number of anilines is 2. The summed E-state index contributed by atoms with van der Waals surface area (Å²) in [7, 11) is 3.61. The quantitative estimate of drug-likeness (QED) is 0.705. The number of rotatable bonds is 1. The van der Waals surface area contributed by atoms with E-state index in [9.17, 15) is 4.79 Å². The van der Waals surface area contributed by atoms with Crippen LogP contribution in [0.3, 0.4) is 0 Å². The van der Waals surface area contributed by atoms with Crippen LogP contribution in [0.4, 0.5) is 16.3 Å². The Labute approximate surface area is 91.9 Å². The molecular formula is C10H12N4O2. The number of nitrogens with zero attached hydrogens (tertiary/aromatic N) is 3. The molecule has 0 bridgehead atoms. The van der Waals surface area contributed by atoms with Crippen LogP contribution in [0.2, 0.25) is 0 Å². The van der Waals surface area contributed by atoms with Crippen LogP contribution in [0.1, 0.15) is 0 Å². The summed E-state index contributed by atoms with van der Waals surface area (Å²) in [5, 5.41) is 13.7. The fourth-order valence-electron chi connectivity index (χ4n) is 1.60. The van der Waals surface area contributed by atoms with Crippen molar-refractivity contribution in [1.29, 1.82) is 0 Å². The molecule has 0 aliphatic carbocycles. The Kier molecular flexibility index (Phi) is 2.19. The number of fused-ring (bicyclic) bond motifs is 1. The van der Waals surface area contributed by atoms with Crippen LogP contribution in [-0.4, -0.2) is 35.1 Å². The predicted octanol–water partition coefficient (Wildman–Crippen LogP) is 1.21. The third-order valence-electron chi connectivity index (χ3n) is 2.29. The van der Waals surface area contributed by atoms with Gasteiger partial charge in [-0.15, -0.1) is 5.10 Å². The minimum Gasteiger partial charge on any atom is -0.463 e. The zero-order chi connectivity index (χ0) is 11.9. The number of carboxylic acid groups (broad SMARTS) is 1. The van der Waals surface area contributed by atoms with Gasteiger partial charge in [0.15, 0.2) is 5.82 Å². The third-order valence-corrected chi connectivity index (χ3v) is 2.29. The standard InChI is InChI=1S/C10H12N4O2/c1-13(2)9-7-5-6(11)3-4-8(7)14(12-9)10(15)16/h3-5H,11H2,1-2H3,(H,15,16). The molecule has 6 heteroatoms. The zero-order valence-electron chi connectivity index (χ0n) is 9.01. The molecule has 2 rings (SSSR count). The average Bonchev–Trinajstić information content (AvgIpc) is 2.56. The van der Waals surface area contributed by atoms with Crippen LogP contribution in [0, 0.1) is 0 Å². The molecule has 2 aromatic rings. The van der Waals surface area contributed by atoms with Gasteiger partial charge in [0, 0.05) is 25.2 Å². The first-order valence-electron chi connectivity index (χ1n) is 4.69. The van der Waals surface area contributed by atoms with E-state index in [2.05, 4.69) is 5.10 Å². The lowest BCUT2D eigenvalue weighted by Gasteiger charge is -2.07. The van der Waals surface area contributed by atoms with Gasteiger partial charge in [0.2, 0.25) is 0 Å². The molecule has 0 radical (unpaired) electrons. The zero-order valence-corrected chi connectivity index (χ0v) is 9.01. The maximum absolute atomic E-state index is 11.0. The fraction of sp³-hybridized carbons (Fsp3) is 0.200. The van der Waals surface area contributed by atoms with E-state index in [1.807, 2.05) is 0 Å². The van der Waals surface area contributed by atoms with Gasteiger partial charge in [-0.3, -0.25) is 0 Å². The average molecular weight is 220 g/mol. The number of nitrogen functional groups attached to an aromatic ring is 1. The van der Waals surface area contributed by atoms with Gasteiger partial charge in [-0.2, -0.15) is 4.68 Å². The Balaban J connectivity index is 2.81. The van der Waals surface area contributed by atoms with Crippen molar-refractivity contribution in [3.63, 3.8) is 0 Å². The second kappa shape index (κ2) is 3.41. The summed E-state index contributed by atoms with van der Waals surface area (Å²) >= 11 is 0. The SMILES string of the molecule is CN(C)c1nn(C(=O)O)c2ccc(N)cc12. The van der Waals surface area contributed by atoms with Crippen LogP contribution in [-0.2, 0) is 0 Å². The van der Waals surface area contributed by atoms with Crippen LogP contribution < -0.4 is 10.6 Å². The first-order valence-corrected chi connectivity index (χ1v) is 4.69. The van der Waals surface area contributed by atoms with Crippen molar-refractivity contribution < 1.29 is 9.90 Å². The van der Waals surface area contributed by atoms with Crippen molar-refractivity contribution >= 4 is 28.5 Å². The normalized spacial score (nSPS) is 10.6. The fourth-order valence-corrected chi connectivity index (χ4v) is 1.60. The van der Waals surface area contributed by atoms with Gasteiger partial charge in [0.05, 0.1) is 5.52 Å². The summed E-state index contributed by atoms with van der Waals surface area (Å²) in [5.41, 5.74) is 6.79. The molecule has 0 fully saturated rings. The van der Waals surface area contributed by atoms with E-state index in [1.165, 1.54) is 0 Å². The van der Waals surface area contributed by atoms with E-state index in [4.69, 9.17) is 10.8 Å². The highest BCUT2D eigenvalue weighted by Gasteiger charge is 2.15. The molecule has 0 aliphatic heterocycles. The molecule has 0 unspecified atom stereocenters. The number of aromatic nitrogens is 2. The smallest absolute Gasteiger partial charge is 0.432 e. The number of hydrogen-bond acceptors (Lipinski definition) is 4. The van der Waals surface area contributed by atoms with Gasteiger partial charge < -0.3 is 15.7 Å². The first kappa shape index (κ1) is 10.3. The molecule has 84 valence electrons. The second-order valence-corrected chi connectivity index (χ2v) is 3.69.